The number of phenolic OH excluding ortho intramolecular Hbond substituents is 1. The zero-order valence-corrected chi connectivity index (χ0v) is 7.70. The van der Waals surface area contributed by atoms with Crippen LogP contribution in [0.4, 0.5) is 5.69 Å². The molecular formula is C10H12N2O. The topological polar surface area (TPSA) is 56.0 Å². The van der Waals surface area contributed by atoms with Crippen LogP contribution in [0, 0.1) is 11.3 Å². The lowest BCUT2D eigenvalue weighted by molar-refractivity contribution is 0.477. The van der Waals surface area contributed by atoms with Crippen LogP contribution in [0.5, 0.6) is 5.75 Å². The van der Waals surface area contributed by atoms with Crippen molar-refractivity contribution in [3.8, 4) is 11.8 Å². The molecule has 0 amide bonds. The summed E-state index contributed by atoms with van der Waals surface area (Å²) in [7, 11) is 1.73. The van der Waals surface area contributed by atoms with Crippen LogP contribution in [0.1, 0.15) is 18.4 Å². The molecule has 0 aliphatic rings. The molecule has 0 spiro atoms. The smallest absolute Gasteiger partial charge is 0.138 e. The summed E-state index contributed by atoms with van der Waals surface area (Å²) in [4.78, 5) is 0. The summed E-state index contributed by atoms with van der Waals surface area (Å²) in [6.45, 7) is 1.83. The minimum atomic E-state index is -0.146. The summed E-state index contributed by atoms with van der Waals surface area (Å²) in [5.74, 6) is 0.0593. The van der Waals surface area contributed by atoms with Gasteiger partial charge in [-0.05, 0) is 24.6 Å². The summed E-state index contributed by atoms with van der Waals surface area (Å²) in [5.41, 5.74) is 1.56. The van der Waals surface area contributed by atoms with E-state index in [-0.39, 0.29) is 11.7 Å². The first-order chi connectivity index (χ1) is 6.19. The number of hydrogen-bond acceptors (Lipinski definition) is 3. The SMILES string of the molecule is CNc1cc(C(C)C#N)ccc1O. The Balaban J connectivity index is 3.08. The molecule has 0 bridgehead atoms. The summed E-state index contributed by atoms with van der Waals surface area (Å²) in [5, 5.41) is 20.9. The van der Waals surface area contributed by atoms with Crippen molar-refractivity contribution in [2.75, 3.05) is 12.4 Å². The van der Waals surface area contributed by atoms with Crippen LogP contribution in [0.15, 0.2) is 18.2 Å². The van der Waals surface area contributed by atoms with Gasteiger partial charge in [-0.25, -0.2) is 0 Å². The average molecular weight is 176 g/mol. The van der Waals surface area contributed by atoms with Gasteiger partial charge in [0, 0.05) is 7.05 Å². The van der Waals surface area contributed by atoms with E-state index in [0.717, 1.165) is 5.56 Å². The van der Waals surface area contributed by atoms with Gasteiger partial charge < -0.3 is 10.4 Å². The molecular weight excluding hydrogens is 164 g/mol. The molecule has 0 saturated carbocycles. The van der Waals surface area contributed by atoms with E-state index in [4.69, 9.17) is 5.26 Å². The van der Waals surface area contributed by atoms with Gasteiger partial charge in [0.25, 0.3) is 0 Å². The fourth-order valence-corrected chi connectivity index (χ4v) is 1.10. The van der Waals surface area contributed by atoms with Gasteiger partial charge in [0.05, 0.1) is 17.7 Å². The zero-order valence-electron chi connectivity index (χ0n) is 7.70. The Bertz CT molecular complexity index is 341. The van der Waals surface area contributed by atoms with E-state index in [1.165, 1.54) is 0 Å². The highest BCUT2D eigenvalue weighted by atomic mass is 16.3. The number of anilines is 1. The number of benzene rings is 1. The van der Waals surface area contributed by atoms with Crippen LogP contribution in [0.25, 0.3) is 0 Å². The number of phenols is 1. The third kappa shape index (κ3) is 1.91. The fourth-order valence-electron chi connectivity index (χ4n) is 1.10. The monoisotopic (exact) mass is 176 g/mol. The molecule has 0 aromatic heterocycles. The molecule has 1 atom stereocenters. The van der Waals surface area contributed by atoms with Crippen molar-refractivity contribution in [1.29, 1.82) is 5.26 Å². The second kappa shape index (κ2) is 3.81. The average Bonchev–Trinajstić information content (AvgIpc) is 2.17. The summed E-state index contributed by atoms with van der Waals surface area (Å²) < 4.78 is 0. The highest BCUT2D eigenvalue weighted by Gasteiger charge is 2.06. The molecule has 0 aliphatic heterocycles. The lowest BCUT2D eigenvalue weighted by atomic mass is 10.0. The Hall–Kier alpha value is -1.69. The quantitative estimate of drug-likeness (QED) is 0.678. The number of hydrogen-bond donors (Lipinski definition) is 2. The molecule has 0 aliphatic carbocycles. The molecule has 1 unspecified atom stereocenters. The van der Waals surface area contributed by atoms with E-state index < -0.39 is 0 Å². The standard InChI is InChI=1S/C10H12N2O/c1-7(6-11)8-3-4-10(13)9(5-8)12-2/h3-5,7,12-13H,1-2H3. The molecule has 2 N–H and O–H groups in total. The van der Waals surface area contributed by atoms with Crippen molar-refractivity contribution in [2.45, 2.75) is 12.8 Å². The van der Waals surface area contributed by atoms with Crippen molar-refractivity contribution in [1.82, 2.24) is 0 Å². The molecule has 0 heterocycles. The number of nitrogens with zero attached hydrogens (tertiary/aromatic N) is 1. The van der Waals surface area contributed by atoms with Gasteiger partial charge in [0.2, 0.25) is 0 Å². The van der Waals surface area contributed by atoms with E-state index in [1.807, 2.05) is 6.92 Å². The van der Waals surface area contributed by atoms with E-state index in [9.17, 15) is 5.11 Å². The summed E-state index contributed by atoms with van der Waals surface area (Å²) in [6, 6.07) is 7.27. The van der Waals surface area contributed by atoms with Crippen molar-refractivity contribution in [3.63, 3.8) is 0 Å². The molecule has 3 nitrogen and oxygen atoms in total. The van der Waals surface area contributed by atoms with Crippen molar-refractivity contribution >= 4 is 5.69 Å². The van der Waals surface area contributed by atoms with Crippen LogP contribution in [-0.4, -0.2) is 12.2 Å². The van der Waals surface area contributed by atoms with Gasteiger partial charge >= 0.3 is 0 Å². The molecule has 0 radical (unpaired) electrons. The molecule has 13 heavy (non-hydrogen) atoms. The molecule has 68 valence electrons. The largest absolute Gasteiger partial charge is 0.506 e. The van der Waals surface area contributed by atoms with E-state index in [2.05, 4.69) is 11.4 Å². The van der Waals surface area contributed by atoms with Gasteiger partial charge in [-0.15, -0.1) is 0 Å². The highest BCUT2D eigenvalue weighted by Crippen LogP contribution is 2.26. The first-order valence-corrected chi connectivity index (χ1v) is 4.09. The number of nitrogens with one attached hydrogen (secondary N) is 1. The van der Waals surface area contributed by atoms with E-state index in [0.29, 0.717) is 5.69 Å². The first-order valence-electron chi connectivity index (χ1n) is 4.09. The van der Waals surface area contributed by atoms with Crippen LogP contribution >= 0.6 is 0 Å². The molecule has 0 fully saturated rings. The molecule has 1 aromatic rings. The minimum Gasteiger partial charge on any atom is -0.506 e. The Morgan fingerprint density at radius 2 is 2.23 bits per heavy atom. The van der Waals surface area contributed by atoms with E-state index >= 15 is 0 Å². The Morgan fingerprint density at radius 1 is 1.54 bits per heavy atom. The lowest BCUT2D eigenvalue weighted by Gasteiger charge is -2.07. The van der Waals surface area contributed by atoms with Crippen molar-refractivity contribution in [2.24, 2.45) is 0 Å². The Morgan fingerprint density at radius 3 is 2.77 bits per heavy atom. The first kappa shape index (κ1) is 9.40. The van der Waals surface area contributed by atoms with Gasteiger partial charge in [0.1, 0.15) is 5.75 Å². The maximum Gasteiger partial charge on any atom is 0.138 e. The van der Waals surface area contributed by atoms with Gasteiger partial charge in [-0.1, -0.05) is 6.07 Å². The second-order valence-electron chi connectivity index (χ2n) is 2.88. The van der Waals surface area contributed by atoms with Crippen LogP contribution in [-0.2, 0) is 0 Å². The number of rotatable bonds is 2. The second-order valence-corrected chi connectivity index (χ2v) is 2.88. The minimum absolute atomic E-state index is 0.146. The normalized spacial score (nSPS) is 11.8. The van der Waals surface area contributed by atoms with E-state index in [1.54, 1.807) is 25.2 Å². The zero-order chi connectivity index (χ0) is 9.84. The highest BCUT2D eigenvalue weighted by molar-refractivity contribution is 5.57. The third-order valence-electron chi connectivity index (χ3n) is 1.98. The van der Waals surface area contributed by atoms with Crippen LogP contribution < -0.4 is 5.32 Å². The number of nitriles is 1. The maximum absolute atomic E-state index is 9.34. The predicted molar refractivity (Wildman–Crippen MR) is 51.7 cm³/mol. The fraction of sp³-hybridized carbons (Fsp3) is 0.300. The molecule has 1 aromatic carbocycles. The molecule has 3 heteroatoms. The van der Waals surface area contributed by atoms with Gasteiger partial charge in [-0.2, -0.15) is 5.26 Å². The molecule has 0 saturated heterocycles. The van der Waals surface area contributed by atoms with Crippen LogP contribution in [0.3, 0.4) is 0 Å². The van der Waals surface area contributed by atoms with Gasteiger partial charge in [-0.3, -0.25) is 0 Å². The van der Waals surface area contributed by atoms with Crippen LogP contribution in [0.2, 0.25) is 0 Å². The van der Waals surface area contributed by atoms with Crippen molar-refractivity contribution in [3.05, 3.63) is 23.8 Å². The predicted octanol–water partition coefficient (Wildman–Crippen LogP) is 2.06. The molecule has 1 rings (SSSR count). The summed E-state index contributed by atoms with van der Waals surface area (Å²) in [6.07, 6.45) is 0. The lowest BCUT2D eigenvalue weighted by Crippen LogP contribution is -1.93. The maximum atomic E-state index is 9.34. The number of aromatic hydroxyl groups is 1. The summed E-state index contributed by atoms with van der Waals surface area (Å²) >= 11 is 0. The third-order valence-corrected chi connectivity index (χ3v) is 1.98. The Kier molecular flexibility index (Phi) is 2.76. The Labute approximate surface area is 77.6 Å². The van der Waals surface area contributed by atoms with Crippen molar-refractivity contribution < 1.29 is 5.11 Å². The van der Waals surface area contributed by atoms with Gasteiger partial charge in [0.15, 0.2) is 0 Å².